The number of nitrogens with one attached hydrogen (secondary N) is 1. The molecule has 0 spiro atoms. The van der Waals surface area contributed by atoms with E-state index in [2.05, 4.69) is 62.5 Å². The molecule has 0 unspecified atom stereocenters. The summed E-state index contributed by atoms with van der Waals surface area (Å²) in [5.41, 5.74) is -1.55. The molecule has 0 aliphatic carbocycles. The maximum atomic E-state index is 13.2. The van der Waals surface area contributed by atoms with E-state index >= 15 is 0 Å². The molecule has 2 rings (SSSR count). The molecule has 6 nitrogen and oxygen atoms in total. The lowest BCUT2D eigenvalue weighted by atomic mass is 10.0. The van der Waals surface area contributed by atoms with E-state index in [0.29, 0.717) is 5.56 Å². The number of hydrogen-bond acceptors (Lipinski definition) is 5. The van der Waals surface area contributed by atoms with Crippen molar-refractivity contribution in [2.24, 2.45) is 0 Å². The van der Waals surface area contributed by atoms with Crippen LogP contribution in [0.25, 0.3) is 10.8 Å². The summed E-state index contributed by atoms with van der Waals surface area (Å²) < 4.78 is 73.3. The number of anilines is 1. The van der Waals surface area contributed by atoms with Gasteiger partial charge in [0.15, 0.2) is 5.75 Å². The third kappa shape index (κ3) is 6.83. The minimum absolute atomic E-state index is 0.0422. The Morgan fingerprint density at radius 1 is 0.947 bits per heavy atom. The van der Waals surface area contributed by atoms with Gasteiger partial charge in [-0.15, -0.1) is 5.54 Å². The van der Waals surface area contributed by atoms with E-state index in [1.807, 2.05) is 0 Å². The molecule has 0 saturated heterocycles. The minimum Gasteiger partial charge on any atom is -0.444 e. The molecule has 2 aromatic carbocycles. The zero-order valence-electron chi connectivity index (χ0n) is 23.2. The smallest absolute Gasteiger partial charge is 0.444 e. The van der Waals surface area contributed by atoms with Gasteiger partial charge in [-0.25, -0.2) is 4.79 Å². The lowest BCUT2D eigenvalue weighted by Crippen LogP contribution is -2.43. The van der Waals surface area contributed by atoms with Crippen LogP contribution in [-0.4, -0.2) is 33.7 Å². The molecule has 11 heteroatoms. The molecular formula is C27H36F3NO5SSi. The highest BCUT2D eigenvalue weighted by Gasteiger charge is 2.49. The van der Waals surface area contributed by atoms with Crippen LogP contribution < -0.4 is 9.50 Å². The van der Waals surface area contributed by atoms with Crippen molar-refractivity contribution >= 4 is 40.7 Å². The SMILES string of the molecule is CC(C)[Si](C#Cc1cccc2c(NC(=O)OC(C)(C)C)ccc(OS(=O)(=O)C(F)(F)F)c12)(C(C)C)C(C)C. The molecule has 0 radical (unpaired) electrons. The van der Waals surface area contributed by atoms with Crippen molar-refractivity contribution in [2.75, 3.05) is 5.32 Å². The van der Waals surface area contributed by atoms with Crippen molar-refractivity contribution in [3.8, 4) is 17.2 Å². The number of amides is 1. The lowest BCUT2D eigenvalue weighted by molar-refractivity contribution is -0.0499. The highest BCUT2D eigenvalue weighted by atomic mass is 32.2. The second-order valence-electron chi connectivity index (χ2n) is 11.1. The van der Waals surface area contributed by atoms with Crippen molar-refractivity contribution < 1.29 is 35.3 Å². The van der Waals surface area contributed by atoms with Crippen molar-refractivity contribution in [2.45, 2.75) is 90.0 Å². The summed E-state index contributed by atoms with van der Waals surface area (Å²) in [5, 5.41) is 2.88. The standard InChI is InChI=1S/C27H36F3NO5SSi/c1-17(2)38(18(3)4,19(5)6)16-15-20-11-10-12-21-22(31-25(32)35-26(7,8)9)13-14-23(24(20)21)36-37(33,34)27(28,29)30/h10-14,17-19H,1-9H3,(H,31,32). The average Bonchev–Trinajstić information content (AvgIpc) is 2.72. The average molecular weight is 572 g/mol. The van der Waals surface area contributed by atoms with Crippen molar-refractivity contribution in [3.05, 3.63) is 35.9 Å². The first-order valence-corrected chi connectivity index (χ1v) is 16.0. The number of benzene rings is 2. The minimum atomic E-state index is -5.95. The summed E-state index contributed by atoms with van der Waals surface area (Å²) in [7, 11) is -8.20. The van der Waals surface area contributed by atoms with E-state index in [1.54, 1.807) is 32.9 Å². The third-order valence-electron chi connectivity index (χ3n) is 6.40. The van der Waals surface area contributed by atoms with Crippen LogP contribution in [0.1, 0.15) is 67.9 Å². The van der Waals surface area contributed by atoms with E-state index in [9.17, 15) is 26.4 Å². The van der Waals surface area contributed by atoms with E-state index in [4.69, 9.17) is 4.74 Å². The molecule has 0 fully saturated rings. The maximum Gasteiger partial charge on any atom is 0.534 e. The molecule has 1 amide bonds. The molecule has 0 aliphatic heterocycles. The van der Waals surface area contributed by atoms with Crippen LogP contribution in [0.5, 0.6) is 5.75 Å². The highest BCUT2D eigenvalue weighted by Crippen LogP contribution is 2.42. The van der Waals surface area contributed by atoms with Crippen molar-refractivity contribution in [1.82, 2.24) is 0 Å². The number of halogens is 3. The molecule has 0 aromatic heterocycles. The number of ether oxygens (including phenoxy) is 1. The zero-order chi connectivity index (χ0) is 29.3. The van der Waals surface area contributed by atoms with Crippen LogP contribution in [0.2, 0.25) is 16.6 Å². The van der Waals surface area contributed by atoms with Gasteiger partial charge < -0.3 is 8.92 Å². The quantitative estimate of drug-likeness (QED) is 0.165. The second-order valence-corrected chi connectivity index (χ2v) is 18.2. The number of alkyl halides is 3. The summed E-state index contributed by atoms with van der Waals surface area (Å²) in [6.07, 6.45) is -0.780. The fraction of sp³-hybridized carbons (Fsp3) is 0.519. The van der Waals surface area contributed by atoms with Gasteiger partial charge >= 0.3 is 21.7 Å². The van der Waals surface area contributed by atoms with Crippen LogP contribution in [0.15, 0.2) is 30.3 Å². The Balaban J connectivity index is 2.85. The van der Waals surface area contributed by atoms with Crippen LogP contribution in [0.4, 0.5) is 23.7 Å². The number of rotatable bonds is 6. The molecule has 0 atom stereocenters. The molecule has 0 heterocycles. The Kier molecular flexibility index (Phi) is 9.27. The summed E-state index contributed by atoms with van der Waals surface area (Å²) >= 11 is 0. The molecule has 210 valence electrons. The van der Waals surface area contributed by atoms with Gasteiger partial charge in [0.05, 0.1) is 5.69 Å². The van der Waals surface area contributed by atoms with Crippen LogP contribution in [0.3, 0.4) is 0 Å². The largest absolute Gasteiger partial charge is 0.534 e. The number of carbonyl (C=O) groups is 1. The molecular weight excluding hydrogens is 535 g/mol. The van der Waals surface area contributed by atoms with E-state index in [-0.39, 0.29) is 33.1 Å². The number of hydrogen-bond donors (Lipinski definition) is 1. The molecule has 0 aliphatic rings. The van der Waals surface area contributed by atoms with E-state index in [0.717, 1.165) is 6.07 Å². The summed E-state index contributed by atoms with van der Waals surface area (Å²) in [6, 6.07) is 7.11. The van der Waals surface area contributed by atoms with Gasteiger partial charge in [-0.1, -0.05) is 59.6 Å². The van der Waals surface area contributed by atoms with E-state index in [1.165, 1.54) is 12.1 Å². The van der Waals surface area contributed by atoms with Crippen molar-refractivity contribution in [3.63, 3.8) is 0 Å². The topological polar surface area (TPSA) is 81.7 Å². The highest BCUT2D eigenvalue weighted by molar-refractivity contribution is 7.88. The Morgan fingerprint density at radius 3 is 1.97 bits per heavy atom. The Bertz CT molecular complexity index is 1330. The summed E-state index contributed by atoms with van der Waals surface area (Å²) in [6.45, 7) is 17.8. The molecule has 0 saturated carbocycles. The van der Waals surface area contributed by atoms with Gasteiger partial charge in [-0.2, -0.15) is 21.6 Å². The summed E-state index contributed by atoms with van der Waals surface area (Å²) in [4.78, 5) is 12.5. The van der Waals surface area contributed by atoms with Crippen LogP contribution in [0, 0.1) is 11.5 Å². The molecule has 2 aromatic rings. The first-order valence-electron chi connectivity index (χ1n) is 12.3. The molecule has 1 N–H and O–H groups in total. The molecule has 0 bridgehead atoms. The predicted molar refractivity (Wildman–Crippen MR) is 147 cm³/mol. The van der Waals surface area contributed by atoms with Gasteiger partial charge in [0, 0.05) is 16.3 Å². The number of carbonyl (C=O) groups excluding carboxylic acids is 1. The Labute approximate surface area is 224 Å². The Hall–Kier alpha value is -2.71. The van der Waals surface area contributed by atoms with Gasteiger partial charge in [0.2, 0.25) is 0 Å². The fourth-order valence-electron chi connectivity index (χ4n) is 4.84. The number of fused-ring (bicyclic) bond motifs is 1. The zero-order valence-corrected chi connectivity index (χ0v) is 25.0. The third-order valence-corrected chi connectivity index (χ3v) is 13.7. The maximum absolute atomic E-state index is 13.2. The van der Waals surface area contributed by atoms with Crippen LogP contribution >= 0.6 is 0 Å². The predicted octanol–water partition coefficient (Wildman–Crippen LogP) is 7.98. The Morgan fingerprint density at radius 2 is 1.50 bits per heavy atom. The van der Waals surface area contributed by atoms with Gasteiger partial charge in [-0.3, -0.25) is 5.32 Å². The summed E-state index contributed by atoms with van der Waals surface area (Å²) in [5.74, 6) is 2.63. The van der Waals surface area contributed by atoms with Crippen LogP contribution in [-0.2, 0) is 14.9 Å². The van der Waals surface area contributed by atoms with Gasteiger partial charge in [0.25, 0.3) is 0 Å². The first-order chi connectivity index (χ1) is 17.2. The lowest BCUT2D eigenvalue weighted by Gasteiger charge is -2.38. The fourth-order valence-corrected chi connectivity index (χ4v) is 10.5. The first kappa shape index (κ1) is 31.5. The van der Waals surface area contributed by atoms with Gasteiger partial charge in [0.1, 0.15) is 13.7 Å². The van der Waals surface area contributed by atoms with Crippen molar-refractivity contribution in [1.29, 1.82) is 0 Å². The van der Waals surface area contributed by atoms with E-state index < -0.39 is 41.1 Å². The second kappa shape index (κ2) is 11.2. The van der Waals surface area contributed by atoms with Gasteiger partial charge in [-0.05, 0) is 55.6 Å². The normalized spacial score (nSPS) is 13.0. The monoisotopic (exact) mass is 571 g/mol. The molecule has 38 heavy (non-hydrogen) atoms.